The molecule has 0 saturated heterocycles. The average Bonchev–Trinajstić information content (AvgIpc) is 2.67. The van der Waals surface area contributed by atoms with Crippen molar-refractivity contribution in [2.45, 2.75) is 6.18 Å². The Bertz CT molecular complexity index is 1160. The van der Waals surface area contributed by atoms with Gasteiger partial charge in [-0.2, -0.15) is 13.2 Å². The molecule has 0 aliphatic rings. The normalized spacial score (nSPS) is 11.5. The minimum Gasteiger partial charge on any atom is -0.439 e. The van der Waals surface area contributed by atoms with Gasteiger partial charge in [0.2, 0.25) is 5.88 Å². The standard InChI is InChI=1S/C20H13F3N4O/c21-20(22,23)13-4-6-15(16(24)8-13)18-10-19(27-11-26-18)28-14-5-3-12-2-1-7-25-17(12)9-14/h1-11H,24H2. The fourth-order valence-corrected chi connectivity index (χ4v) is 2.75. The van der Waals surface area contributed by atoms with E-state index in [1.54, 1.807) is 18.3 Å². The van der Waals surface area contributed by atoms with Crippen molar-refractivity contribution in [3.63, 3.8) is 0 Å². The molecule has 0 aliphatic carbocycles. The second-order valence-electron chi connectivity index (χ2n) is 6.00. The molecule has 4 aromatic rings. The lowest BCUT2D eigenvalue weighted by Gasteiger charge is -2.11. The van der Waals surface area contributed by atoms with Gasteiger partial charge in [0.1, 0.15) is 12.1 Å². The van der Waals surface area contributed by atoms with Crippen LogP contribution in [-0.2, 0) is 6.18 Å². The van der Waals surface area contributed by atoms with Crippen LogP contribution in [0.25, 0.3) is 22.2 Å². The number of nitrogens with two attached hydrogens (primary N) is 1. The lowest BCUT2D eigenvalue weighted by molar-refractivity contribution is -0.137. The van der Waals surface area contributed by atoms with Crippen LogP contribution in [0.1, 0.15) is 5.56 Å². The summed E-state index contributed by atoms with van der Waals surface area (Å²) in [5, 5.41) is 0.968. The van der Waals surface area contributed by atoms with Crippen LogP contribution in [0.5, 0.6) is 11.6 Å². The second-order valence-corrected chi connectivity index (χ2v) is 6.00. The molecule has 0 amide bonds. The van der Waals surface area contributed by atoms with Gasteiger partial charge < -0.3 is 10.5 Å². The van der Waals surface area contributed by atoms with Gasteiger partial charge in [-0.25, -0.2) is 9.97 Å². The summed E-state index contributed by atoms with van der Waals surface area (Å²) in [4.78, 5) is 12.4. The minimum absolute atomic E-state index is 0.0330. The number of hydrogen-bond acceptors (Lipinski definition) is 5. The van der Waals surface area contributed by atoms with E-state index in [1.807, 2.05) is 18.2 Å². The predicted octanol–water partition coefficient (Wildman–Crippen LogP) is 5.09. The number of aromatic nitrogens is 3. The summed E-state index contributed by atoms with van der Waals surface area (Å²) in [6.07, 6.45) is -1.51. The number of hydrogen-bond donors (Lipinski definition) is 1. The molecular weight excluding hydrogens is 369 g/mol. The van der Waals surface area contributed by atoms with E-state index >= 15 is 0 Å². The Morgan fingerprint density at radius 2 is 1.75 bits per heavy atom. The third-order valence-corrected chi connectivity index (χ3v) is 4.10. The van der Waals surface area contributed by atoms with Crippen molar-refractivity contribution in [1.82, 2.24) is 15.0 Å². The molecule has 8 heteroatoms. The maximum Gasteiger partial charge on any atom is 0.416 e. The monoisotopic (exact) mass is 382 g/mol. The lowest BCUT2D eigenvalue weighted by atomic mass is 10.1. The van der Waals surface area contributed by atoms with E-state index in [4.69, 9.17) is 10.5 Å². The summed E-state index contributed by atoms with van der Waals surface area (Å²) in [7, 11) is 0. The quantitative estimate of drug-likeness (QED) is 0.500. The maximum atomic E-state index is 12.8. The molecule has 0 fully saturated rings. The van der Waals surface area contributed by atoms with Gasteiger partial charge in [-0.15, -0.1) is 0 Å². The average molecular weight is 382 g/mol. The third kappa shape index (κ3) is 3.57. The zero-order chi connectivity index (χ0) is 19.7. The molecule has 0 bridgehead atoms. The molecule has 2 aromatic heterocycles. The SMILES string of the molecule is Nc1cc(C(F)(F)F)ccc1-c1cc(Oc2ccc3cccnc3c2)ncn1. The lowest BCUT2D eigenvalue weighted by Crippen LogP contribution is -2.06. The number of anilines is 1. The Morgan fingerprint density at radius 1 is 0.893 bits per heavy atom. The van der Waals surface area contributed by atoms with E-state index in [2.05, 4.69) is 15.0 Å². The summed E-state index contributed by atoms with van der Waals surface area (Å²) < 4.78 is 44.2. The highest BCUT2D eigenvalue weighted by Gasteiger charge is 2.31. The molecular formula is C20H13F3N4O. The number of fused-ring (bicyclic) bond motifs is 1. The molecule has 4 rings (SSSR count). The van der Waals surface area contributed by atoms with E-state index in [0.29, 0.717) is 17.0 Å². The van der Waals surface area contributed by atoms with Crippen LogP contribution in [0.4, 0.5) is 18.9 Å². The number of pyridine rings is 1. The zero-order valence-corrected chi connectivity index (χ0v) is 14.3. The number of halogens is 3. The molecule has 0 spiro atoms. The van der Waals surface area contributed by atoms with E-state index in [9.17, 15) is 13.2 Å². The Balaban J connectivity index is 1.64. The maximum absolute atomic E-state index is 12.8. The molecule has 2 aromatic carbocycles. The van der Waals surface area contributed by atoms with Crippen LogP contribution < -0.4 is 10.5 Å². The molecule has 0 radical (unpaired) electrons. The van der Waals surface area contributed by atoms with Crippen molar-refractivity contribution in [2.75, 3.05) is 5.73 Å². The zero-order valence-electron chi connectivity index (χ0n) is 14.3. The van der Waals surface area contributed by atoms with Crippen LogP contribution in [0.3, 0.4) is 0 Å². The highest BCUT2D eigenvalue weighted by molar-refractivity contribution is 5.80. The molecule has 140 valence electrons. The summed E-state index contributed by atoms with van der Waals surface area (Å²) in [6, 6.07) is 13.8. The second kappa shape index (κ2) is 6.80. The molecule has 2 heterocycles. The Kier molecular flexibility index (Phi) is 4.31. The number of nitrogens with zero attached hydrogens (tertiary/aromatic N) is 3. The number of alkyl halides is 3. The summed E-state index contributed by atoms with van der Waals surface area (Å²) in [5.74, 6) is 0.760. The van der Waals surface area contributed by atoms with Gasteiger partial charge in [0, 0.05) is 35.0 Å². The molecule has 2 N–H and O–H groups in total. The van der Waals surface area contributed by atoms with E-state index < -0.39 is 11.7 Å². The van der Waals surface area contributed by atoms with Gasteiger partial charge in [0.05, 0.1) is 16.8 Å². The smallest absolute Gasteiger partial charge is 0.416 e. The van der Waals surface area contributed by atoms with Crippen molar-refractivity contribution in [3.05, 3.63) is 72.7 Å². The van der Waals surface area contributed by atoms with E-state index in [1.165, 1.54) is 18.5 Å². The number of rotatable bonds is 3. The van der Waals surface area contributed by atoms with Crippen LogP contribution in [0, 0.1) is 0 Å². The van der Waals surface area contributed by atoms with Crippen LogP contribution in [-0.4, -0.2) is 15.0 Å². The van der Waals surface area contributed by atoms with Crippen molar-refractivity contribution in [3.8, 4) is 22.9 Å². The minimum atomic E-state index is -4.46. The van der Waals surface area contributed by atoms with Crippen LogP contribution >= 0.6 is 0 Å². The highest BCUT2D eigenvalue weighted by Crippen LogP contribution is 2.35. The van der Waals surface area contributed by atoms with E-state index in [-0.39, 0.29) is 11.6 Å². The van der Waals surface area contributed by atoms with Crippen molar-refractivity contribution in [2.24, 2.45) is 0 Å². The molecule has 28 heavy (non-hydrogen) atoms. The predicted molar refractivity (Wildman–Crippen MR) is 98.7 cm³/mol. The number of benzene rings is 2. The largest absolute Gasteiger partial charge is 0.439 e. The molecule has 0 aliphatic heterocycles. The first-order valence-electron chi connectivity index (χ1n) is 8.22. The number of ether oxygens (including phenoxy) is 1. The summed E-state index contributed by atoms with van der Waals surface area (Å²) in [5.41, 5.74) is 6.44. The van der Waals surface area contributed by atoms with Crippen LogP contribution in [0.2, 0.25) is 0 Å². The fourth-order valence-electron chi connectivity index (χ4n) is 2.75. The Morgan fingerprint density at radius 3 is 2.54 bits per heavy atom. The fraction of sp³-hybridized carbons (Fsp3) is 0.0500. The van der Waals surface area contributed by atoms with Crippen molar-refractivity contribution < 1.29 is 17.9 Å². The van der Waals surface area contributed by atoms with Gasteiger partial charge in [-0.1, -0.05) is 12.1 Å². The molecule has 5 nitrogen and oxygen atoms in total. The van der Waals surface area contributed by atoms with Gasteiger partial charge in [0.25, 0.3) is 0 Å². The topological polar surface area (TPSA) is 73.9 Å². The van der Waals surface area contributed by atoms with Gasteiger partial charge in [-0.05, 0) is 30.3 Å². The summed E-state index contributed by atoms with van der Waals surface area (Å²) >= 11 is 0. The van der Waals surface area contributed by atoms with Gasteiger partial charge >= 0.3 is 6.18 Å². The van der Waals surface area contributed by atoms with E-state index in [0.717, 1.165) is 23.0 Å². The van der Waals surface area contributed by atoms with Crippen LogP contribution in [0.15, 0.2) is 67.1 Å². The summed E-state index contributed by atoms with van der Waals surface area (Å²) in [6.45, 7) is 0. The van der Waals surface area contributed by atoms with Gasteiger partial charge in [0.15, 0.2) is 0 Å². The Hall–Kier alpha value is -3.68. The molecule has 0 unspecified atom stereocenters. The Labute approximate surface area is 157 Å². The van der Waals surface area contributed by atoms with Gasteiger partial charge in [-0.3, -0.25) is 4.98 Å². The molecule has 0 atom stereocenters. The first-order chi connectivity index (χ1) is 13.4. The van der Waals surface area contributed by atoms with Crippen molar-refractivity contribution in [1.29, 1.82) is 0 Å². The third-order valence-electron chi connectivity index (χ3n) is 4.10. The number of nitrogen functional groups attached to an aromatic ring is 1. The first kappa shape index (κ1) is 17.7. The van der Waals surface area contributed by atoms with Crippen molar-refractivity contribution >= 4 is 16.6 Å². The first-order valence-corrected chi connectivity index (χ1v) is 8.22. The molecule has 0 saturated carbocycles. The highest BCUT2D eigenvalue weighted by atomic mass is 19.4.